The van der Waals surface area contributed by atoms with Crippen molar-refractivity contribution < 1.29 is 66.4 Å². The molecule has 3 saturated heterocycles. The molecule has 0 radical (unpaired) electrons. The van der Waals surface area contributed by atoms with Crippen molar-refractivity contribution in [1.29, 1.82) is 0 Å². The zero-order valence-electron chi connectivity index (χ0n) is 29.1. The van der Waals surface area contributed by atoms with Crippen molar-refractivity contribution in [3.63, 3.8) is 0 Å². The molecule has 0 spiro atoms. The summed E-state index contributed by atoms with van der Waals surface area (Å²) in [5.74, 6) is 1.12. The van der Waals surface area contributed by atoms with Crippen molar-refractivity contribution in [1.82, 2.24) is 16.0 Å². The van der Waals surface area contributed by atoms with E-state index in [2.05, 4.69) is 45.9 Å². The molecule has 0 aromatic heterocycles. The smallest absolute Gasteiger partial charge is 0.261 e. The minimum atomic E-state index is -3.67. The molecule has 0 aliphatic carbocycles. The van der Waals surface area contributed by atoms with Gasteiger partial charge in [-0.1, -0.05) is 15.5 Å². The van der Waals surface area contributed by atoms with Gasteiger partial charge in [-0.05, 0) is 0 Å². The monoisotopic (exact) mass is 813 g/mol. The number of nitrogens with two attached hydrogens (primary N) is 3. The Morgan fingerprint density at radius 1 is 0.520 bits per heavy atom. The Bertz CT molecular complexity index is 1200. The standard InChI is InChI=1S/3C6H13N3O.4CH4O3S/c3*1-10-9-6-4-8-3-5(6)2-7;4*1-5(2,3)4/h3*5,8H,2-4,7H2,1H3;4*1H3,(H,2,3,4). The molecule has 3 aliphatic heterocycles. The second-order valence-electron chi connectivity index (χ2n) is 9.92. The number of hydrogen-bond acceptors (Lipinski definition) is 20. The summed E-state index contributed by atoms with van der Waals surface area (Å²) in [6.07, 6.45) is 2.86. The fourth-order valence-corrected chi connectivity index (χ4v) is 3.24. The molecule has 3 fully saturated rings. The van der Waals surface area contributed by atoms with E-state index >= 15 is 0 Å². The van der Waals surface area contributed by atoms with Gasteiger partial charge in [-0.25, -0.2) is 0 Å². The first kappa shape index (κ1) is 54.6. The molecule has 0 aromatic rings. The van der Waals surface area contributed by atoms with Crippen LogP contribution in [0.4, 0.5) is 0 Å². The normalized spacial score (nSPS) is 22.3. The fourth-order valence-electron chi connectivity index (χ4n) is 3.24. The van der Waals surface area contributed by atoms with Gasteiger partial charge in [-0.3, -0.25) is 18.2 Å². The summed E-state index contributed by atoms with van der Waals surface area (Å²) in [4.78, 5) is 14.0. The van der Waals surface area contributed by atoms with Gasteiger partial charge < -0.3 is 47.7 Å². The summed E-state index contributed by atoms with van der Waals surface area (Å²) in [6, 6.07) is 0. The van der Waals surface area contributed by atoms with Crippen LogP contribution in [0.15, 0.2) is 15.5 Å². The zero-order valence-corrected chi connectivity index (χ0v) is 32.3. The van der Waals surface area contributed by atoms with Gasteiger partial charge >= 0.3 is 0 Å². The Balaban J connectivity index is -0.000000254. The van der Waals surface area contributed by atoms with E-state index < -0.39 is 40.5 Å². The van der Waals surface area contributed by atoms with Crippen molar-refractivity contribution in [3.8, 4) is 0 Å². The molecule has 3 heterocycles. The maximum atomic E-state index is 9.19. The number of hydrogen-bond donors (Lipinski definition) is 10. The number of nitrogens with zero attached hydrogens (tertiary/aromatic N) is 3. The molecule has 24 nitrogen and oxygen atoms in total. The van der Waals surface area contributed by atoms with Gasteiger partial charge in [-0.2, -0.15) is 33.7 Å². The highest BCUT2D eigenvalue weighted by molar-refractivity contribution is 7.85. The van der Waals surface area contributed by atoms with Gasteiger partial charge in [0.2, 0.25) is 0 Å². The van der Waals surface area contributed by atoms with E-state index in [1.54, 1.807) is 21.3 Å². The van der Waals surface area contributed by atoms with Gasteiger partial charge in [0.25, 0.3) is 40.5 Å². The van der Waals surface area contributed by atoms with Crippen molar-refractivity contribution in [2.24, 2.45) is 50.4 Å². The quantitative estimate of drug-likeness (QED) is 0.0892. The average Bonchev–Trinajstić information content (AvgIpc) is 3.67. The fraction of sp³-hybridized carbons (Fsp3) is 0.864. The lowest BCUT2D eigenvalue weighted by atomic mass is 10.1. The van der Waals surface area contributed by atoms with E-state index in [0.717, 1.165) is 56.4 Å². The maximum Gasteiger partial charge on any atom is 0.261 e. The van der Waals surface area contributed by atoms with Crippen LogP contribution in [0.1, 0.15) is 0 Å². The molecule has 0 aromatic carbocycles. The lowest BCUT2D eigenvalue weighted by Gasteiger charge is -2.03. The number of oxime groups is 3. The summed E-state index contributed by atoms with van der Waals surface area (Å²) in [5.41, 5.74) is 19.5. The molecule has 28 heteroatoms. The Labute approximate surface area is 294 Å². The van der Waals surface area contributed by atoms with E-state index in [4.69, 9.17) is 35.4 Å². The third kappa shape index (κ3) is 50.2. The van der Waals surface area contributed by atoms with Crippen LogP contribution in [0.25, 0.3) is 0 Å². The highest BCUT2D eigenvalue weighted by Gasteiger charge is 2.22. The third-order valence-corrected chi connectivity index (χ3v) is 4.98. The van der Waals surface area contributed by atoms with Crippen LogP contribution in [0, 0.1) is 17.8 Å². The molecule has 0 saturated carbocycles. The van der Waals surface area contributed by atoms with Crippen molar-refractivity contribution in [2.75, 3.05) is 105 Å². The largest absolute Gasteiger partial charge is 0.399 e. The van der Waals surface area contributed by atoms with E-state index in [0.29, 0.717) is 62.4 Å². The summed E-state index contributed by atoms with van der Waals surface area (Å²) in [5, 5.41) is 21.1. The Morgan fingerprint density at radius 2 is 0.680 bits per heavy atom. The second kappa shape index (κ2) is 29.4. The summed E-state index contributed by atoms with van der Waals surface area (Å²) >= 11 is 0. The first-order valence-electron chi connectivity index (χ1n) is 13.9. The second-order valence-corrected chi connectivity index (χ2v) is 15.8. The van der Waals surface area contributed by atoms with E-state index in [1.807, 2.05) is 0 Å². The van der Waals surface area contributed by atoms with Gasteiger partial charge in [0.1, 0.15) is 21.3 Å². The summed E-state index contributed by atoms with van der Waals surface area (Å²) < 4.78 is 103. The SMILES string of the molecule is CON=C1CNCC1CN.CON=C1CNCC1CN.CON=C1CNCC1CN.CS(=O)(=O)O.CS(=O)(=O)O.CS(=O)(=O)O.CS(=O)(=O)O. The van der Waals surface area contributed by atoms with Gasteiger partial charge in [0.15, 0.2) is 0 Å². The van der Waals surface area contributed by atoms with Crippen LogP contribution < -0.4 is 33.2 Å². The zero-order chi connectivity index (χ0) is 40.2. The summed E-state index contributed by atoms with van der Waals surface area (Å²) in [7, 11) is -10.0. The maximum absolute atomic E-state index is 9.19. The predicted octanol–water partition coefficient (Wildman–Crippen LogP) is -4.48. The van der Waals surface area contributed by atoms with Crippen molar-refractivity contribution in [2.45, 2.75) is 0 Å². The highest BCUT2D eigenvalue weighted by atomic mass is 32.2. The molecule has 0 bridgehead atoms. The van der Waals surface area contributed by atoms with E-state index in [-0.39, 0.29) is 0 Å². The number of rotatable bonds is 6. The molecular weight excluding hydrogens is 759 g/mol. The molecule has 3 rings (SSSR count). The Morgan fingerprint density at radius 3 is 0.800 bits per heavy atom. The van der Waals surface area contributed by atoms with E-state index in [9.17, 15) is 33.7 Å². The van der Waals surface area contributed by atoms with E-state index in [1.165, 1.54) is 0 Å². The van der Waals surface area contributed by atoms with Crippen LogP contribution in [-0.2, 0) is 55.0 Å². The molecule has 50 heavy (non-hydrogen) atoms. The molecule has 3 unspecified atom stereocenters. The topological polar surface area (TPSA) is 396 Å². The Hall–Kier alpha value is -2.19. The minimum Gasteiger partial charge on any atom is -0.399 e. The van der Waals surface area contributed by atoms with Gasteiger partial charge in [0, 0.05) is 76.7 Å². The first-order valence-corrected chi connectivity index (χ1v) is 21.3. The number of nitrogens with one attached hydrogen (secondary N) is 3. The highest BCUT2D eigenvalue weighted by Crippen LogP contribution is 2.04. The molecule has 302 valence electrons. The van der Waals surface area contributed by atoms with Crippen LogP contribution in [-0.4, -0.2) is 174 Å². The van der Waals surface area contributed by atoms with Gasteiger partial charge in [0.05, 0.1) is 42.2 Å². The van der Waals surface area contributed by atoms with Crippen LogP contribution in [0.5, 0.6) is 0 Å². The minimum absolute atomic E-state index is 0.375. The molecule has 13 N–H and O–H groups in total. The molecule has 3 atom stereocenters. The first-order chi connectivity index (χ1) is 22.6. The third-order valence-electron chi connectivity index (χ3n) is 4.98. The van der Waals surface area contributed by atoms with Crippen LogP contribution in [0.3, 0.4) is 0 Å². The summed E-state index contributed by atoms with van der Waals surface area (Å²) in [6.45, 7) is 7.18. The predicted molar refractivity (Wildman–Crippen MR) is 189 cm³/mol. The molecule has 3 aliphatic rings. The van der Waals surface area contributed by atoms with Crippen molar-refractivity contribution >= 4 is 57.6 Å². The average molecular weight is 814 g/mol. The van der Waals surface area contributed by atoms with Gasteiger partial charge in [-0.15, -0.1) is 0 Å². The van der Waals surface area contributed by atoms with Crippen LogP contribution in [0.2, 0.25) is 0 Å². The molecule has 0 amide bonds. The van der Waals surface area contributed by atoms with Crippen molar-refractivity contribution in [3.05, 3.63) is 0 Å². The lowest BCUT2D eigenvalue weighted by Crippen LogP contribution is -2.22. The Kier molecular flexibility index (Phi) is 32.1. The van der Waals surface area contributed by atoms with Crippen LogP contribution >= 0.6 is 0 Å². The lowest BCUT2D eigenvalue weighted by molar-refractivity contribution is 0.211. The molecular formula is C22H55N9O15S4.